The summed E-state index contributed by atoms with van der Waals surface area (Å²) in [6.45, 7) is 8.32. The van der Waals surface area contributed by atoms with Crippen LogP contribution < -0.4 is 4.74 Å². The number of hydrogen-bond donors (Lipinski definition) is 0. The van der Waals surface area contributed by atoms with Gasteiger partial charge in [0.15, 0.2) is 0 Å². The molecule has 26 heavy (non-hydrogen) atoms. The van der Waals surface area contributed by atoms with Gasteiger partial charge in [0.05, 0.1) is 6.61 Å². The van der Waals surface area contributed by atoms with Crippen molar-refractivity contribution >= 4 is 15.9 Å². The van der Waals surface area contributed by atoms with Crippen LogP contribution >= 0.6 is 0 Å². The van der Waals surface area contributed by atoms with Crippen molar-refractivity contribution in [1.29, 1.82) is 0 Å². The minimum Gasteiger partial charge on any atom is -0.492 e. The van der Waals surface area contributed by atoms with Gasteiger partial charge in [-0.25, -0.2) is 8.42 Å². The maximum Gasteiger partial charge on any atom is 0.246 e. The fourth-order valence-corrected chi connectivity index (χ4v) is 5.50. The molecule has 2 aliphatic rings. The largest absolute Gasteiger partial charge is 0.492 e. The molecule has 1 aromatic rings. The molecule has 0 aromatic heterocycles. The summed E-state index contributed by atoms with van der Waals surface area (Å²) in [5.74, 6) is 0.569. The third-order valence-corrected chi connectivity index (χ3v) is 7.46. The van der Waals surface area contributed by atoms with Gasteiger partial charge in [-0.2, -0.15) is 4.31 Å². The van der Waals surface area contributed by atoms with Crippen LogP contribution in [0.25, 0.3) is 0 Å². The van der Waals surface area contributed by atoms with Crippen LogP contribution in [0.15, 0.2) is 29.2 Å². The number of para-hydroxylation sites is 1. The molecule has 0 saturated carbocycles. The van der Waals surface area contributed by atoms with Gasteiger partial charge in [0.1, 0.15) is 10.6 Å². The topological polar surface area (TPSA) is 66.9 Å². The first kappa shape index (κ1) is 19.2. The molecule has 0 radical (unpaired) electrons. The van der Waals surface area contributed by atoms with E-state index in [1.807, 2.05) is 25.7 Å². The van der Waals surface area contributed by atoms with Crippen molar-refractivity contribution in [2.45, 2.75) is 38.5 Å². The third kappa shape index (κ3) is 3.47. The van der Waals surface area contributed by atoms with Crippen LogP contribution in [-0.4, -0.2) is 56.3 Å². The molecule has 1 spiro atoms. The Balaban J connectivity index is 1.87. The zero-order valence-corrected chi connectivity index (χ0v) is 16.6. The predicted molar refractivity (Wildman–Crippen MR) is 99.5 cm³/mol. The average molecular weight is 381 g/mol. The summed E-state index contributed by atoms with van der Waals surface area (Å²) in [5.41, 5.74) is -0.260. The highest BCUT2D eigenvalue weighted by molar-refractivity contribution is 7.89. The van der Waals surface area contributed by atoms with Gasteiger partial charge in [-0.05, 0) is 25.0 Å². The van der Waals surface area contributed by atoms with Gasteiger partial charge in [-0.1, -0.05) is 32.9 Å². The quantitative estimate of drug-likeness (QED) is 0.790. The molecule has 144 valence electrons. The van der Waals surface area contributed by atoms with Crippen molar-refractivity contribution in [1.82, 2.24) is 9.21 Å². The highest BCUT2D eigenvalue weighted by Crippen LogP contribution is 2.39. The highest BCUT2D eigenvalue weighted by atomic mass is 32.2. The molecule has 1 aromatic carbocycles. The Labute approximate surface area is 156 Å². The number of fused-ring (bicyclic) bond motifs is 1. The molecule has 0 N–H and O–H groups in total. The first-order chi connectivity index (χ1) is 12.3. The highest BCUT2D eigenvalue weighted by Gasteiger charge is 2.43. The van der Waals surface area contributed by atoms with Crippen LogP contribution in [-0.2, 0) is 14.8 Å². The second-order valence-electron chi connectivity index (χ2n) is 7.65. The first-order valence-corrected chi connectivity index (χ1v) is 10.7. The number of carbonyl (C=O) groups is 1. The number of sulfonamides is 1. The number of hydrogen-bond acceptors (Lipinski definition) is 4. The number of carbonyl (C=O) groups excluding carboxylic acids is 1. The maximum absolute atomic E-state index is 13.1. The summed E-state index contributed by atoms with van der Waals surface area (Å²) in [6, 6.07) is 6.84. The third-order valence-electron chi connectivity index (χ3n) is 5.49. The molecule has 7 heteroatoms. The predicted octanol–water partition coefficient (Wildman–Crippen LogP) is 2.35. The number of piperidine rings is 1. The fraction of sp³-hybridized carbons (Fsp3) is 0.632. The lowest BCUT2D eigenvalue weighted by Gasteiger charge is -2.45. The Morgan fingerprint density at radius 3 is 2.50 bits per heavy atom. The van der Waals surface area contributed by atoms with Gasteiger partial charge < -0.3 is 9.64 Å². The van der Waals surface area contributed by atoms with Gasteiger partial charge in [0.25, 0.3) is 0 Å². The minimum atomic E-state index is -3.58. The van der Waals surface area contributed by atoms with E-state index in [4.69, 9.17) is 4.74 Å². The molecule has 2 heterocycles. The van der Waals surface area contributed by atoms with Crippen LogP contribution in [0.1, 0.15) is 33.6 Å². The Morgan fingerprint density at radius 1 is 1.23 bits per heavy atom. The molecule has 0 unspecified atom stereocenters. The normalized spacial score (nSPS) is 22.4. The maximum atomic E-state index is 13.1. The number of ether oxygens (including phenoxy) is 1. The monoisotopic (exact) mass is 380 g/mol. The average Bonchev–Trinajstić information content (AvgIpc) is 2.64. The van der Waals surface area contributed by atoms with Crippen molar-refractivity contribution in [2.75, 3.05) is 32.8 Å². The van der Waals surface area contributed by atoms with Crippen LogP contribution in [0.4, 0.5) is 0 Å². The number of rotatable bonds is 2. The van der Waals surface area contributed by atoms with Crippen molar-refractivity contribution in [3.05, 3.63) is 24.3 Å². The van der Waals surface area contributed by atoms with Gasteiger partial charge >= 0.3 is 0 Å². The Bertz CT molecular complexity index is 767. The van der Waals surface area contributed by atoms with Crippen LogP contribution in [0.3, 0.4) is 0 Å². The molecule has 1 amide bonds. The summed E-state index contributed by atoms with van der Waals surface area (Å²) in [5, 5.41) is 0. The van der Waals surface area contributed by atoms with E-state index < -0.39 is 10.0 Å². The summed E-state index contributed by atoms with van der Waals surface area (Å²) in [4.78, 5) is 14.4. The van der Waals surface area contributed by atoms with Crippen molar-refractivity contribution in [3.63, 3.8) is 0 Å². The first-order valence-electron chi connectivity index (χ1n) is 9.30. The molecule has 1 saturated heterocycles. The van der Waals surface area contributed by atoms with E-state index in [1.165, 1.54) is 0 Å². The molecular formula is C19H28N2O4S. The molecule has 3 rings (SSSR count). The SMILES string of the molecule is CCN1CC2(CCN(C(=O)C(C)C)CC2)COc2ccccc2S1(=O)=O. The molecule has 0 bridgehead atoms. The number of likely N-dealkylation sites (tertiary alicyclic amines) is 1. The van der Waals surface area contributed by atoms with Crippen LogP contribution in [0, 0.1) is 11.3 Å². The summed E-state index contributed by atoms with van der Waals surface area (Å²) in [7, 11) is -3.58. The Hall–Kier alpha value is -1.60. The van der Waals surface area contributed by atoms with Crippen molar-refractivity contribution in [3.8, 4) is 5.75 Å². The van der Waals surface area contributed by atoms with Crippen molar-refractivity contribution < 1.29 is 17.9 Å². The lowest BCUT2D eigenvalue weighted by atomic mass is 9.78. The standard InChI is InChI=1S/C19H28N2O4S/c1-4-21-13-19(9-11-20(12-10-19)18(22)15(2)3)14-25-16-7-5-6-8-17(16)26(21,23)24/h5-8,15H,4,9-14H2,1-3H3. The summed E-state index contributed by atoms with van der Waals surface area (Å²) >= 11 is 0. The van der Waals surface area contributed by atoms with Gasteiger partial charge in [0, 0.05) is 37.5 Å². The van der Waals surface area contributed by atoms with E-state index in [2.05, 4.69) is 0 Å². The van der Waals surface area contributed by atoms with E-state index in [-0.39, 0.29) is 22.1 Å². The van der Waals surface area contributed by atoms with Crippen LogP contribution in [0.2, 0.25) is 0 Å². The second-order valence-corrected chi connectivity index (χ2v) is 9.55. The summed E-state index contributed by atoms with van der Waals surface area (Å²) < 4.78 is 33.7. The van der Waals surface area contributed by atoms with E-state index in [1.54, 1.807) is 28.6 Å². The molecule has 1 fully saturated rings. The van der Waals surface area contributed by atoms with E-state index in [9.17, 15) is 13.2 Å². The van der Waals surface area contributed by atoms with E-state index in [0.29, 0.717) is 38.5 Å². The minimum absolute atomic E-state index is 0.0166. The second kappa shape index (κ2) is 7.19. The molecule has 6 nitrogen and oxygen atoms in total. The Morgan fingerprint density at radius 2 is 1.88 bits per heavy atom. The van der Waals surface area contributed by atoms with Gasteiger partial charge in [-0.3, -0.25) is 4.79 Å². The van der Waals surface area contributed by atoms with Crippen LogP contribution in [0.5, 0.6) is 5.75 Å². The Kier molecular flexibility index (Phi) is 5.30. The zero-order valence-electron chi connectivity index (χ0n) is 15.8. The van der Waals surface area contributed by atoms with Gasteiger partial charge in [0.2, 0.25) is 15.9 Å². The summed E-state index contributed by atoms with van der Waals surface area (Å²) in [6.07, 6.45) is 1.50. The number of benzene rings is 1. The molecule has 0 atom stereocenters. The lowest BCUT2D eigenvalue weighted by Crippen LogP contribution is -2.52. The molecule has 0 aliphatic carbocycles. The number of nitrogens with zero attached hydrogens (tertiary/aromatic N) is 2. The zero-order chi connectivity index (χ0) is 18.9. The smallest absolute Gasteiger partial charge is 0.246 e. The lowest BCUT2D eigenvalue weighted by molar-refractivity contribution is -0.137. The number of amides is 1. The van der Waals surface area contributed by atoms with E-state index >= 15 is 0 Å². The van der Waals surface area contributed by atoms with E-state index in [0.717, 1.165) is 12.8 Å². The molecular weight excluding hydrogens is 352 g/mol. The molecule has 2 aliphatic heterocycles. The van der Waals surface area contributed by atoms with Crippen molar-refractivity contribution in [2.24, 2.45) is 11.3 Å². The fourth-order valence-electron chi connectivity index (χ4n) is 3.81. The van der Waals surface area contributed by atoms with Gasteiger partial charge in [-0.15, -0.1) is 0 Å².